The van der Waals surface area contributed by atoms with Gasteiger partial charge in [0.05, 0.1) is 31.0 Å². The lowest BCUT2D eigenvalue weighted by molar-refractivity contribution is -0.133. The first-order chi connectivity index (χ1) is 17.4. The van der Waals surface area contributed by atoms with Crippen LogP contribution in [-0.2, 0) is 22.7 Å². The number of benzene rings is 1. The van der Waals surface area contributed by atoms with E-state index in [4.69, 9.17) is 4.74 Å². The van der Waals surface area contributed by atoms with Gasteiger partial charge in [0.1, 0.15) is 17.5 Å². The number of nitrogens with one attached hydrogen (secondary N) is 3. The molecule has 2 bridgehead atoms. The molecule has 1 aromatic heterocycles. The summed E-state index contributed by atoms with van der Waals surface area (Å²) in [6.07, 6.45) is 4.88. The number of ether oxygens (including phenoxy) is 1. The van der Waals surface area contributed by atoms with Crippen molar-refractivity contribution >= 4 is 17.7 Å². The Kier molecular flexibility index (Phi) is 8.52. The second kappa shape index (κ2) is 12.0. The minimum absolute atomic E-state index is 0.0429. The van der Waals surface area contributed by atoms with Crippen LogP contribution in [0.3, 0.4) is 0 Å². The summed E-state index contributed by atoms with van der Waals surface area (Å²) in [6, 6.07) is 4.46. The van der Waals surface area contributed by atoms with Gasteiger partial charge in [-0.25, -0.2) is 0 Å². The third-order valence-corrected chi connectivity index (χ3v) is 6.42. The van der Waals surface area contributed by atoms with Crippen LogP contribution < -0.4 is 20.7 Å². The zero-order valence-corrected chi connectivity index (χ0v) is 21.0. The van der Waals surface area contributed by atoms with E-state index >= 15 is 0 Å². The van der Waals surface area contributed by atoms with Crippen molar-refractivity contribution in [2.75, 3.05) is 26.2 Å². The van der Waals surface area contributed by atoms with Gasteiger partial charge in [0.25, 0.3) is 5.91 Å². The van der Waals surface area contributed by atoms with Gasteiger partial charge < -0.3 is 25.6 Å². The van der Waals surface area contributed by atoms with E-state index in [1.165, 1.54) is 0 Å². The highest BCUT2D eigenvalue weighted by Crippen LogP contribution is 2.21. The quantitative estimate of drug-likeness (QED) is 0.531. The van der Waals surface area contributed by atoms with E-state index in [0.29, 0.717) is 62.6 Å². The molecule has 11 nitrogen and oxygen atoms in total. The molecule has 0 saturated carbocycles. The maximum absolute atomic E-state index is 13.1. The van der Waals surface area contributed by atoms with Gasteiger partial charge in [0.2, 0.25) is 11.8 Å². The van der Waals surface area contributed by atoms with E-state index in [0.717, 1.165) is 24.9 Å². The molecule has 36 heavy (non-hydrogen) atoms. The minimum Gasteiger partial charge on any atom is -0.493 e. The standard InChI is InChI=1S/C25H35N7O4/c1-17-7-8-20-22(14-17)36-13-5-12-32-16-19(29-30-32)15-31(25(35)21-6-3-9-26-21)11-4-10-27-23(33)18(2)28-24(20)34/h7-8,14,16,18,21,26H,3-6,9-13,15H2,1-2H3,(H,27,33)(H,28,34)/t18-,21-/m1/s1. The molecule has 2 aliphatic rings. The fraction of sp³-hybridized carbons (Fsp3) is 0.560. The maximum atomic E-state index is 13.1. The Labute approximate surface area is 210 Å². The lowest BCUT2D eigenvalue weighted by Crippen LogP contribution is -2.46. The Morgan fingerprint density at radius 2 is 2.00 bits per heavy atom. The smallest absolute Gasteiger partial charge is 0.255 e. The summed E-state index contributed by atoms with van der Waals surface area (Å²) >= 11 is 0. The van der Waals surface area contributed by atoms with Crippen molar-refractivity contribution in [3.63, 3.8) is 0 Å². The number of carbonyl (C=O) groups excluding carboxylic acids is 3. The van der Waals surface area contributed by atoms with Crippen molar-refractivity contribution in [2.24, 2.45) is 0 Å². The molecule has 194 valence electrons. The van der Waals surface area contributed by atoms with Crippen molar-refractivity contribution in [3.8, 4) is 5.75 Å². The lowest BCUT2D eigenvalue weighted by atomic mass is 10.1. The van der Waals surface area contributed by atoms with Gasteiger partial charge in [-0.05, 0) is 57.4 Å². The fourth-order valence-electron chi connectivity index (χ4n) is 4.42. The predicted octanol–water partition coefficient (Wildman–Crippen LogP) is 0.774. The summed E-state index contributed by atoms with van der Waals surface area (Å²) in [6.45, 7) is 6.61. The highest BCUT2D eigenvalue weighted by atomic mass is 16.5. The number of amides is 3. The Morgan fingerprint density at radius 1 is 1.14 bits per heavy atom. The lowest BCUT2D eigenvalue weighted by Gasteiger charge is -2.25. The van der Waals surface area contributed by atoms with Gasteiger partial charge in [0, 0.05) is 26.1 Å². The van der Waals surface area contributed by atoms with Gasteiger partial charge >= 0.3 is 0 Å². The molecular weight excluding hydrogens is 462 g/mol. The second-order valence-electron chi connectivity index (χ2n) is 9.42. The zero-order valence-electron chi connectivity index (χ0n) is 21.0. The number of nitrogens with zero attached hydrogens (tertiary/aromatic N) is 4. The summed E-state index contributed by atoms with van der Waals surface area (Å²) in [5, 5.41) is 17.3. The van der Waals surface area contributed by atoms with Crippen LogP contribution in [0.4, 0.5) is 0 Å². The Hall–Kier alpha value is -3.47. The molecule has 2 aromatic rings. The third-order valence-electron chi connectivity index (χ3n) is 6.42. The van der Waals surface area contributed by atoms with E-state index in [9.17, 15) is 14.4 Å². The third kappa shape index (κ3) is 6.60. The van der Waals surface area contributed by atoms with Crippen molar-refractivity contribution in [1.29, 1.82) is 0 Å². The molecule has 3 N–H and O–H groups in total. The Balaban J connectivity index is 1.49. The largest absolute Gasteiger partial charge is 0.493 e. The van der Waals surface area contributed by atoms with Gasteiger partial charge in [-0.2, -0.15) is 0 Å². The first kappa shape index (κ1) is 25.6. The first-order valence-electron chi connectivity index (χ1n) is 12.6. The van der Waals surface area contributed by atoms with Crippen LogP contribution in [0.5, 0.6) is 5.75 Å². The molecule has 0 unspecified atom stereocenters. The molecule has 4 rings (SSSR count). The van der Waals surface area contributed by atoms with Gasteiger partial charge in [0.15, 0.2) is 0 Å². The van der Waals surface area contributed by atoms with Crippen LogP contribution in [0.1, 0.15) is 54.2 Å². The van der Waals surface area contributed by atoms with Crippen LogP contribution >= 0.6 is 0 Å². The van der Waals surface area contributed by atoms with Crippen molar-refractivity contribution in [2.45, 2.75) is 64.7 Å². The molecule has 11 heteroatoms. The summed E-state index contributed by atoms with van der Waals surface area (Å²) in [7, 11) is 0. The molecule has 0 aliphatic carbocycles. The average Bonchev–Trinajstić information content (AvgIpc) is 3.55. The monoisotopic (exact) mass is 497 g/mol. The Bertz CT molecular complexity index is 1080. The van der Waals surface area contributed by atoms with Crippen LogP contribution in [0.15, 0.2) is 24.4 Å². The molecule has 3 heterocycles. The van der Waals surface area contributed by atoms with Gasteiger partial charge in [-0.3, -0.25) is 19.1 Å². The van der Waals surface area contributed by atoms with Crippen LogP contribution in [-0.4, -0.2) is 75.9 Å². The summed E-state index contributed by atoms with van der Waals surface area (Å²) < 4.78 is 7.68. The van der Waals surface area contributed by atoms with E-state index in [1.54, 1.807) is 22.6 Å². The highest BCUT2D eigenvalue weighted by Gasteiger charge is 2.27. The molecule has 0 radical (unpaired) electrons. The number of carbonyl (C=O) groups is 3. The molecule has 1 saturated heterocycles. The molecular formula is C25H35N7O4. The predicted molar refractivity (Wildman–Crippen MR) is 132 cm³/mol. The Morgan fingerprint density at radius 3 is 2.81 bits per heavy atom. The summed E-state index contributed by atoms with van der Waals surface area (Å²) in [4.78, 5) is 40.4. The molecule has 3 amide bonds. The SMILES string of the molecule is Cc1ccc2c(c1)OCCCn1cc(nn1)CN(C(=O)[C@H]1CCCN1)CCCNC(=O)[C@@H](C)NC2=O. The molecule has 1 aromatic carbocycles. The first-order valence-corrected chi connectivity index (χ1v) is 12.6. The normalized spacial score (nSPS) is 22.3. The van der Waals surface area contributed by atoms with Crippen LogP contribution in [0.25, 0.3) is 0 Å². The zero-order chi connectivity index (χ0) is 25.5. The van der Waals surface area contributed by atoms with E-state index in [1.807, 2.05) is 25.3 Å². The average molecular weight is 498 g/mol. The maximum Gasteiger partial charge on any atom is 0.255 e. The molecule has 2 aliphatic heterocycles. The second-order valence-corrected chi connectivity index (χ2v) is 9.42. The van der Waals surface area contributed by atoms with Crippen molar-refractivity contribution < 1.29 is 19.1 Å². The van der Waals surface area contributed by atoms with E-state index in [2.05, 4.69) is 26.3 Å². The minimum atomic E-state index is -0.719. The van der Waals surface area contributed by atoms with Gasteiger partial charge in [-0.1, -0.05) is 11.3 Å². The fourth-order valence-corrected chi connectivity index (χ4v) is 4.42. The molecule has 0 spiro atoms. The van der Waals surface area contributed by atoms with Crippen LogP contribution in [0.2, 0.25) is 0 Å². The van der Waals surface area contributed by atoms with Crippen molar-refractivity contribution in [3.05, 3.63) is 41.2 Å². The number of fused-ring (bicyclic) bond motifs is 3. The highest BCUT2D eigenvalue weighted by molar-refractivity contribution is 5.99. The number of aryl methyl sites for hydroxylation is 2. The van der Waals surface area contributed by atoms with Crippen LogP contribution in [0, 0.1) is 6.92 Å². The molecule has 2 atom stereocenters. The summed E-state index contributed by atoms with van der Waals surface area (Å²) in [5.41, 5.74) is 2.07. The van der Waals surface area contributed by atoms with Crippen molar-refractivity contribution in [1.82, 2.24) is 35.8 Å². The van der Waals surface area contributed by atoms with E-state index < -0.39 is 6.04 Å². The summed E-state index contributed by atoms with van der Waals surface area (Å²) in [5.74, 6) is -0.130. The molecule has 1 fully saturated rings. The number of rotatable bonds is 1. The number of hydrogen-bond acceptors (Lipinski definition) is 7. The number of aromatic nitrogens is 3. The topological polar surface area (TPSA) is 130 Å². The van der Waals surface area contributed by atoms with Gasteiger partial charge in [-0.15, -0.1) is 5.10 Å². The van der Waals surface area contributed by atoms with E-state index in [-0.39, 0.29) is 23.8 Å². The number of hydrogen-bond donors (Lipinski definition) is 3.